The third kappa shape index (κ3) is 0.763. The molecule has 3 nitrogen and oxygen atoms in total. The number of rotatable bonds is 0. The maximum Gasteiger partial charge on any atom is 0.260 e. The average molecular weight is 163 g/mol. The Morgan fingerprint density at radius 1 is 1.33 bits per heavy atom. The van der Waals surface area contributed by atoms with Crippen LogP contribution in [0.25, 0.3) is 0 Å². The molecule has 2 rings (SSSR count). The van der Waals surface area contributed by atoms with Gasteiger partial charge in [0.25, 0.3) is 11.8 Å². The molecule has 0 bridgehead atoms. The third-order valence-corrected chi connectivity index (χ3v) is 2.27. The first-order chi connectivity index (χ1) is 5.72. The first kappa shape index (κ1) is 7.28. The van der Waals surface area contributed by atoms with E-state index in [1.165, 1.54) is 11.9 Å². The summed E-state index contributed by atoms with van der Waals surface area (Å²) in [6, 6.07) is 0. The zero-order valence-corrected chi connectivity index (χ0v) is 6.83. The molecule has 0 aromatic rings. The molecule has 0 atom stereocenters. The van der Waals surface area contributed by atoms with Gasteiger partial charge in [-0.15, -0.1) is 0 Å². The second-order valence-corrected chi connectivity index (χ2v) is 3.00. The average Bonchev–Trinajstić information content (AvgIpc) is 2.33. The molecule has 62 valence electrons. The van der Waals surface area contributed by atoms with Gasteiger partial charge in [-0.3, -0.25) is 14.5 Å². The topological polar surface area (TPSA) is 37.4 Å². The molecule has 0 N–H and O–H groups in total. The minimum Gasteiger partial charge on any atom is -0.278 e. The van der Waals surface area contributed by atoms with Crippen LogP contribution in [0.2, 0.25) is 0 Å². The van der Waals surface area contributed by atoms with E-state index in [4.69, 9.17) is 0 Å². The van der Waals surface area contributed by atoms with Gasteiger partial charge in [0.1, 0.15) is 0 Å². The van der Waals surface area contributed by atoms with Crippen molar-refractivity contribution in [2.24, 2.45) is 0 Å². The molecule has 0 spiro atoms. The fourth-order valence-electron chi connectivity index (χ4n) is 1.56. The van der Waals surface area contributed by atoms with E-state index >= 15 is 0 Å². The van der Waals surface area contributed by atoms with Crippen LogP contribution >= 0.6 is 0 Å². The summed E-state index contributed by atoms with van der Waals surface area (Å²) in [5.41, 5.74) is 1.28. The summed E-state index contributed by atoms with van der Waals surface area (Å²) in [7, 11) is 1.52. The van der Waals surface area contributed by atoms with E-state index in [0.29, 0.717) is 17.6 Å². The number of allylic oxidation sites excluding steroid dienone is 1. The molecule has 2 amide bonds. The van der Waals surface area contributed by atoms with E-state index < -0.39 is 0 Å². The summed E-state index contributed by atoms with van der Waals surface area (Å²) in [6.07, 6.45) is 5.26. The van der Waals surface area contributed by atoms with Crippen molar-refractivity contribution >= 4 is 11.8 Å². The monoisotopic (exact) mass is 163 g/mol. The third-order valence-electron chi connectivity index (χ3n) is 2.27. The lowest BCUT2D eigenvalue weighted by molar-refractivity contribution is -0.135. The van der Waals surface area contributed by atoms with Crippen molar-refractivity contribution < 1.29 is 9.59 Å². The molecule has 3 heteroatoms. The van der Waals surface area contributed by atoms with E-state index in [1.54, 1.807) is 6.08 Å². The number of carbonyl (C=O) groups excluding carboxylic acids is 2. The van der Waals surface area contributed by atoms with Gasteiger partial charge in [-0.25, -0.2) is 0 Å². The van der Waals surface area contributed by atoms with Gasteiger partial charge < -0.3 is 0 Å². The first-order valence-corrected chi connectivity index (χ1v) is 3.94. The predicted octanol–water partition coefficient (Wildman–Crippen LogP) is 0.632. The highest BCUT2D eigenvalue weighted by Gasteiger charge is 2.34. The van der Waals surface area contributed by atoms with Crippen molar-refractivity contribution in [2.75, 3.05) is 7.05 Å². The summed E-state index contributed by atoms with van der Waals surface area (Å²) < 4.78 is 0. The van der Waals surface area contributed by atoms with E-state index in [1.807, 2.05) is 6.08 Å². The fraction of sp³-hybridized carbons (Fsp3) is 0.333. The molecule has 0 aromatic carbocycles. The van der Waals surface area contributed by atoms with E-state index in [2.05, 4.69) is 0 Å². The molecule has 0 saturated heterocycles. The summed E-state index contributed by atoms with van der Waals surface area (Å²) in [5.74, 6) is -0.287. The number of hydrogen-bond donors (Lipinski definition) is 0. The molecule has 2 aliphatic rings. The summed E-state index contributed by atoms with van der Waals surface area (Å²) >= 11 is 0. The van der Waals surface area contributed by atoms with Gasteiger partial charge in [0.2, 0.25) is 0 Å². The largest absolute Gasteiger partial charge is 0.278 e. The summed E-state index contributed by atoms with van der Waals surface area (Å²) in [5, 5.41) is 0. The lowest BCUT2D eigenvalue weighted by atomic mass is 10.00. The minimum absolute atomic E-state index is 0.126. The molecule has 0 unspecified atom stereocenters. The molecule has 0 saturated carbocycles. The van der Waals surface area contributed by atoms with Crippen LogP contribution in [0.3, 0.4) is 0 Å². The Hall–Kier alpha value is -1.38. The molecular formula is C9H9NO2. The Morgan fingerprint density at radius 3 is 2.75 bits per heavy atom. The highest BCUT2D eigenvalue weighted by Crippen LogP contribution is 2.27. The highest BCUT2D eigenvalue weighted by atomic mass is 16.2. The minimum atomic E-state index is -0.161. The van der Waals surface area contributed by atoms with Crippen LogP contribution in [0.1, 0.15) is 12.8 Å². The standard InChI is InChI=1S/C9H9NO2/c1-10-8(11)6-4-2-3-5-7(6)9(10)12/h2,4H,3,5H2,1H3. The zero-order valence-electron chi connectivity index (χ0n) is 6.83. The van der Waals surface area contributed by atoms with Crippen molar-refractivity contribution in [1.82, 2.24) is 4.90 Å². The Bertz CT molecular complexity index is 325. The van der Waals surface area contributed by atoms with Crippen molar-refractivity contribution in [3.63, 3.8) is 0 Å². The van der Waals surface area contributed by atoms with Crippen LogP contribution in [0.15, 0.2) is 23.3 Å². The molecule has 1 aliphatic carbocycles. The second kappa shape index (κ2) is 2.30. The highest BCUT2D eigenvalue weighted by molar-refractivity contribution is 6.20. The maximum absolute atomic E-state index is 11.4. The van der Waals surface area contributed by atoms with Crippen molar-refractivity contribution in [3.8, 4) is 0 Å². The maximum atomic E-state index is 11.4. The molecule has 1 heterocycles. The molecule has 0 radical (unpaired) electrons. The summed E-state index contributed by atoms with van der Waals surface area (Å²) in [4.78, 5) is 23.9. The second-order valence-electron chi connectivity index (χ2n) is 3.00. The Balaban J connectivity index is 2.49. The van der Waals surface area contributed by atoms with Crippen LogP contribution in [0, 0.1) is 0 Å². The van der Waals surface area contributed by atoms with Gasteiger partial charge in [-0.1, -0.05) is 12.2 Å². The lowest BCUT2D eigenvalue weighted by Crippen LogP contribution is -2.26. The van der Waals surface area contributed by atoms with E-state index in [9.17, 15) is 9.59 Å². The normalized spacial score (nSPS) is 22.2. The van der Waals surface area contributed by atoms with Gasteiger partial charge in [0.15, 0.2) is 0 Å². The number of hydrogen-bond acceptors (Lipinski definition) is 2. The molecule has 1 aliphatic heterocycles. The SMILES string of the molecule is CN1C(=O)C2=C(CCC=C2)C1=O. The van der Waals surface area contributed by atoms with Crippen molar-refractivity contribution in [3.05, 3.63) is 23.3 Å². The quantitative estimate of drug-likeness (QED) is 0.491. The Morgan fingerprint density at radius 2 is 2.08 bits per heavy atom. The number of likely N-dealkylation sites (N-methyl/N-ethyl adjacent to an activating group) is 1. The Kier molecular flexibility index (Phi) is 1.40. The summed E-state index contributed by atoms with van der Waals surface area (Å²) in [6.45, 7) is 0. The molecular weight excluding hydrogens is 154 g/mol. The van der Waals surface area contributed by atoms with E-state index in [0.717, 1.165) is 6.42 Å². The van der Waals surface area contributed by atoms with Gasteiger partial charge >= 0.3 is 0 Å². The van der Waals surface area contributed by atoms with Crippen LogP contribution in [0.5, 0.6) is 0 Å². The number of nitrogens with zero attached hydrogens (tertiary/aromatic N) is 1. The predicted molar refractivity (Wildman–Crippen MR) is 43.2 cm³/mol. The van der Waals surface area contributed by atoms with Crippen LogP contribution in [-0.4, -0.2) is 23.8 Å². The van der Waals surface area contributed by atoms with Crippen LogP contribution in [0.4, 0.5) is 0 Å². The lowest BCUT2D eigenvalue weighted by Gasteiger charge is -2.04. The Labute approximate surface area is 70.4 Å². The first-order valence-electron chi connectivity index (χ1n) is 3.94. The molecule has 0 fully saturated rings. The van der Waals surface area contributed by atoms with Gasteiger partial charge in [-0.05, 0) is 12.8 Å². The van der Waals surface area contributed by atoms with E-state index in [-0.39, 0.29) is 11.8 Å². The number of carbonyl (C=O) groups is 2. The molecule has 12 heavy (non-hydrogen) atoms. The van der Waals surface area contributed by atoms with Gasteiger partial charge in [0.05, 0.1) is 0 Å². The smallest absolute Gasteiger partial charge is 0.260 e. The van der Waals surface area contributed by atoms with Crippen molar-refractivity contribution in [1.29, 1.82) is 0 Å². The number of amides is 2. The van der Waals surface area contributed by atoms with Crippen LogP contribution < -0.4 is 0 Å². The number of imide groups is 1. The molecule has 0 aromatic heterocycles. The fourth-order valence-corrected chi connectivity index (χ4v) is 1.56. The van der Waals surface area contributed by atoms with Crippen molar-refractivity contribution in [2.45, 2.75) is 12.8 Å². The zero-order chi connectivity index (χ0) is 8.72. The van der Waals surface area contributed by atoms with Gasteiger partial charge in [0, 0.05) is 18.2 Å². The van der Waals surface area contributed by atoms with Crippen LogP contribution in [-0.2, 0) is 9.59 Å². The van der Waals surface area contributed by atoms with Gasteiger partial charge in [-0.2, -0.15) is 0 Å².